The molecule has 1 aromatic carbocycles. The molecule has 0 aliphatic rings. The zero-order chi connectivity index (χ0) is 17.5. The van der Waals surface area contributed by atoms with Crippen molar-refractivity contribution < 1.29 is 4.79 Å². The third kappa shape index (κ3) is 4.34. The molecule has 0 fully saturated rings. The Balaban J connectivity index is 2.18. The average molecular weight is 325 g/mol. The number of benzene rings is 1. The van der Waals surface area contributed by atoms with E-state index >= 15 is 0 Å². The molecule has 24 heavy (non-hydrogen) atoms. The molecule has 4 heteroatoms. The largest absolute Gasteiger partial charge is 0.364 e. The Morgan fingerprint density at radius 3 is 2.21 bits per heavy atom. The summed E-state index contributed by atoms with van der Waals surface area (Å²) in [7, 11) is 0. The number of pyridine rings is 1. The van der Waals surface area contributed by atoms with E-state index in [1.165, 1.54) is 5.56 Å². The molecule has 1 amide bonds. The van der Waals surface area contributed by atoms with E-state index in [0.29, 0.717) is 24.8 Å². The highest BCUT2D eigenvalue weighted by Gasteiger charge is 2.16. The van der Waals surface area contributed by atoms with Crippen LogP contribution in [0.4, 0.5) is 5.69 Å². The maximum Gasteiger partial charge on any atom is 0.272 e. The van der Waals surface area contributed by atoms with E-state index in [-0.39, 0.29) is 5.91 Å². The van der Waals surface area contributed by atoms with Gasteiger partial charge in [-0.3, -0.25) is 4.79 Å². The SMILES string of the molecule is CCN(CC)C(=O)c1ccc(N(Cc2ccccc2)C(C)C)cn1. The van der Waals surface area contributed by atoms with E-state index in [1.54, 1.807) is 11.1 Å². The quantitative estimate of drug-likeness (QED) is 0.772. The first-order valence-electron chi connectivity index (χ1n) is 8.62. The van der Waals surface area contributed by atoms with Crippen LogP contribution in [0, 0.1) is 0 Å². The van der Waals surface area contributed by atoms with Crippen LogP contribution in [0.2, 0.25) is 0 Å². The van der Waals surface area contributed by atoms with Crippen LogP contribution in [0.25, 0.3) is 0 Å². The summed E-state index contributed by atoms with van der Waals surface area (Å²) in [6.07, 6.45) is 1.81. The minimum Gasteiger partial charge on any atom is -0.364 e. The number of anilines is 1. The van der Waals surface area contributed by atoms with Gasteiger partial charge in [0.15, 0.2) is 0 Å². The first-order valence-corrected chi connectivity index (χ1v) is 8.62. The maximum absolute atomic E-state index is 12.4. The van der Waals surface area contributed by atoms with Crippen LogP contribution in [0.1, 0.15) is 43.7 Å². The van der Waals surface area contributed by atoms with Crippen molar-refractivity contribution >= 4 is 11.6 Å². The second-order valence-corrected chi connectivity index (χ2v) is 6.09. The first kappa shape index (κ1) is 18.0. The number of amides is 1. The monoisotopic (exact) mass is 325 g/mol. The van der Waals surface area contributed by atoms with Gasteiger partial charge in [-0.1, -0.05) is 30.3 Å². The number of nitrogens with zero attached hydrogens (tertiary/aromatic N) is 3. The standard InChI is InChI=1S/C20H27N3O/c1-5-22(6-2)20(24)19-13-12-18(14-21-19)23(16(3)4)15-17-10-8-7-9-11-17/h7-14,16H,5-6,15H2,1-4H3. The second-order valence-electron chi connectivity index (χ2n) is 6.09. The summed E-state index contributed by atoms with van der Waals surface area (Å²) in [5.74, 6) is -0.00861. The fraction of sp³-hybridized carbons (Fsp3) is 0.400. The highest BCUT2D eigenvalue weighted by Crippen LogP contribution is 2.20. The molecular formula is C20H27N3O. The van der Waals surface area contributed by atoms with Crippen molar-refractivity contribution in [1.82, 2.24) is 9.88 Å². The first-order chi connectivity index (χ1) is 11.6. The summed E-state index contributed by atoms with van der Waals surface area (Å²) in [5.41, 5.74) is 2.80. The molecule has 1 heterocycles. The van der Waals surface area contributed by atoms with E-state index in [0.717, 1.165) is 12.2 Å². The van der Waals surface area contributed by atoms with Gasteiger partial charge in [0.05, 0.1) is 11.9 Å². The molecular weight excluding hydrogens is 298 g/mol. The molecule has 2 aromatic rings. The fourth-order valence-corrected chi connectivity index (χ4v) is 2.71. The van der Waals surface area contributed by atoms with Crippen molar-refractivity contribution in [3.63, 3.8) is 0 Å². The van der Waals surface area contributed by atoms with Gasteiger partial charge in [0.1, 0.15) is 5.69 Å². The van der Waals surface area contributed by atoms with Gasteiger partial charge in [0.25, 0.3) is 5.91 Å². The molecule has 4 nitrogen and oxygen atoms in total. The summed E-state index contributed by atoms with van der Waals surface area (Å²) in [6, 6.07) is 14.6. The maximum atomic E-state index is 12.4. The van der Waals surface area contributed by atoms with Gasteiger partial charge in [0.2, 0.25) is 0 Å². The van der Waals surface area contributed by atoms with Crippen molar-refractivity contribution in [2.24, 2.45) is 0 Å². The van der Waals surface area contributed by atoms with Gasteiger partial charge >= 0.3 is 0 Å². The summed E-state index contributed by atoms with van der Waals surface area (Å²) >= 11 is 0. The normalized spacial score (nSPS) is 10.7. The molecule has 0 radical (unpaired) electrons. The zero-order valence-electron chi connectivity index (χ0n) is 15.1. The molecule has 128 valence electrons. The predicted octanol–water partition coefficient (Wildman–Crippen LogP) is 3.98. The predicted molar refractivity (Wildman–Crippen MR) is 99.2 cm³/mol. The Morgan fingerprint density at radius 1 is 1.04 bits per heavy atom. The molecule has 0 aliphatic heterocycles. The summed E-state index contributed by atoms with van der Waals surface area (Å²) < 4.78 is 0. The lowest BCUT2D eigenvalue weighted by atomic mass is 10.1. The van der Waals surface area contributed by atoms with Crippen LogP contribution in [0.3, 0.4) is 0 Å². The second kappa shape index (κ2) is 8.48. The number of rotatable bonds is 7. The average Bonchev–Trinajstić information content (AvgIpc) is 2.61. The smallest absolute Gasteiger partial charge is 0.272 e. The minimum absolute atomic E-state index is 0.00861. The van der Waals surface area contributed by atoms with Crippen LogP contribution in [0.15, 0.2) is 48.7 Å². The Morgan fingerprint density at radius 2 is 1.71 bits per heavy atom. The lowest BCUT2D eigenvalue weighted by Gasteiger charge is -2.29. The highest BCUT2D eigenvalue weighted by atomic mass is 16.2. The summed E-state index contributed by atoms with van der Waals surface area (Å²) in [5, 5.41) is 0. The van der Waals surface area contributed by atoms with E-state index in [2.05, 4.69) is 48.0 Å². The van der Waals surface area contributed by atoms with Gasteiger partial charge in [-0.2, -0.15) is 0 Å². The van der Waals surface area contributed by atoms with Crippen LogP contribution >= 0.6 is 0 Å². The molecule has 0 unspecified atom stereocenters. The van der Waals surface area contributed by atoms with E-state index in [1.807, 2.05) is 32.0 Å². The van der Waals surface area contributed by atoms with Crippen LogP contribution in [-0.2, 0) is 6.54 Å². The third-order valence-electron chi connectivity index (χ3n) is 4.17. The summed E-state index contributed by atoms with van der Waals surface area (Å²) in [6.45, 7) is 10.5. The van der Waals surface area contributed by atoms with Gasteiger partial charge in [-0.15, -0.1) is 0 Å². The molecule has 0 spiro atoms. The van der Waals surface area contributed by atoms with Crippen molar-refractivity contribution in [1.29, 1.82) is 0 Å². The van der Waals surface area contributed by atoms with Crippen molar-refractivity contribution in [2.45, 2.75) is 40.3 Å². The van der Waals surface area contributed by atoms with Crippen LogP contribution in [-0.4, -0.2) is 34.9 Å². The molecule has 0 atom stereocenters. The topological polar surface area (TPSA) is 36.4 Å². The number of hydrogen-bond donors (Lipinski definition) is 0. The Bertz CT molecular complexity index is 634. The van der Waals surface area contributed by atoms with Crippen LogP contribution < -0.4 is 4.90 Å². The molecule has 0 bridgehead atoms. The minimum atomic E-state index is -0.00861. The van der Waals surface area contributed by atoms with Crippen LogP contribution in [0.5, 0.6) is 0 Å². The Kier molecular flexibility index (Phi) is 6.36. The highest BCUT2D eigenvalue weighted by molar-refractivity contribution is 5.92. The van der Waals surface area contributed by atoms with Gasteiger partial charge in [-0.25, -0.2) is 4.98 Å². The van der Waals surface area contributed by atoms with Crippen molar-refractivity contribution in [3.05, 3.63) is 59.9 Å². The Labute approximate surface area is 145 Å². The Hall–Kier alpha value is -2.36. The number of aromatic nitrogens is 1. The molecule has 0 N–H and O–H groups in total. The lowest BCUT2D eigenvalue weighted by Crippen LogP contribution is -2.32. The third-order valence-corrected chi connectivity index (χ3v) is 4.17. The number of carbonyl (C=O) groups excluding carboxylic acids is 1. The van der Waals surface area contributed by atoms with Gasteiger partial charge < -0.3 is 9.80 Å². The zero-order valence-corrected chi connectivity index (χ0v) is 15.1. The van der Waals surface area contributed by atoms with E-state index < -0.39 is 0 Å². The lowest BCUT2D eigenvalue weighted by molar-refractivity contribution is 0.0767. The molecule has 2 rings (SSSR count). The van der Waals surface area contributed by atoms with E-state index in [9.17, 15) is 4.79 Å². The van der Waals surface area contributed by atoms with Crippen molar-refractivity contribution in [3.8, 4) is 0 Å². The summed E-state index contributed by atoms with van der Waals surface area (Å²) in [4.78, 5) is 20.8. The molecule has 0 saturated carbocycles. The molecule has 0 aliphatic carbocycles. The molecule has 1 aromatic heterocycles. The van der Waals surface area contributed by atoms with Gasteiger partial charge in [-0.05, 0) is 45.4 Å². The molecule has 0 saturated heterocycles. The number of carbonyl (C=O) groups is 1. The van der Waals surface area contributed by atoms with Crippen molar-refractivity contribution in [2.75, 3.05) is 18.0 Å². The fourth-order valence-electron chi connectivity index (χ4n) is 2.71. The van der Waals surface area contributed by atoms with E-state index in [4.69, 9.17) is 0 Å². The van der Waals surface area contributed by atoms with Gasteiger partial charge in [0, 0.05) is 25.7 Å². The number of hydrogen-bond acceptors (Lipinski definition) is 3.